The number of piperidine rings is 1. The van der Waals surface area contributed by atoms with Crippen molar-refractivity contribution in [3.05, 3.63) is 28.8 Å². The van der Waals surface area contributed by atoms with Crippen LogP contribution in [-0.4, -0.2) is 36.3 Å². The van der Waals surface area contributed by atoms with Crippen molar-refractivity contribution in [1.82, 2.24) is 4.90 Å². The van der Waals surface area contributed by atoms with Gasteiger partial charge in [0.2, 0.25) is 0 Å². The molecule has 130 valence electrons. The number of rotatable bonds is 3. The molecule has 0 saturated carbocycles. The van der Waals surface area contributed by atoms with Crippen LogP contribution in [0.3, 0.4) is 0 Å². The average Bonchev–Trinajstić information content (AvgIpc) is 2.53. The van der Waals surface area contributed by atoms with E-state index in [1.807, 2.05) is 26.8 Å². The molecule has 0 spiro atoms. The van der Waals surface area contributed by atoms with Crippen molar-refractivity contribution < 1.29 is 14.3 Å². The van der Waals surface area contributed by atoms with Gasteiger partial charge in [-0.1, -0.05) is 17.5 Å². The molecule has 1 aliphatic rings. The molecule has 4 nitrogen and oxygen atoms in total. The normalized spacial score (nSPS) is 15.7. The maximum Gasteiger partial charge on any atom is 0.410 e. The number of carbonyl (C=O) groups excluding carboxylic acids is 1. The monoisotopic (exact) mass is 349 g/mol. The van der Waals surface area contributed by atoms with Gasteiger partial charge in [-0.05, 0) is 57.7 Å². The van der Waals surface area contributed by atoms with Crippen molar-refractivity contribution in [1.29, 1.82) is 0 Å². The van der Waals surface area contributed by atoms with E-state index in [4.69, 9.17) is 27.5 Å². The molecule has 0 aromatic heterocycles. The van der Waals surface area contributed by atoms with Gasteiger partial charge in [0, 0.05) is 18.7 Å². The maximum absolute atomic E-state index is 12.0. The van der Waals surface area contributed by atoms with Crippen LogP contribution >= 0.6 is 11.6 Å². The number of amides is 1. The maximum atomic E-state index is 12.0. The highest BCUT2D eigenvalue weighted by molar-refractivity contribution is 6.31. The largest absolute Gasteiger partial charge is 0.493 e. The first-order chi connectivity index (χ1) is 11.3. The molecule has 0 atom stereocenters. The molecule has 1 aliphatic heterocycles. The van der Waals surface area contributed by atoms with Crippen LogP contribution in [-0.2, 0) is 4.74 Å². The highest BCUT2D eigenvalue weighted by atomic mass is 35.5. The molecule has 0 aliphatic carbocycles. The Morgan fingerprint density at radius 3 is 2.62 bits per heavy atom. The fourth-order valence-corrected chi connectivity index (χ4v) is 2.70. The first kappa shape index (κ1) is 18.5. The van der Waals surface area contributed by atoms with E-state index in [0.29, 0.717) is 36.2 Å². The number of terminal acetylenes is 1. The third-order valence-electron chi connectivity index (χ3n) is 3.85. The van der Waals surface area contributed by atoms with Gasteiger partial charge in [0.05, 0.1) is 11.6 Å². The number of ether oxygens (including phenoxy) is 2. The third kappa shape index (κ3) is 5.35. The Morgan fingerprint density at radius 2 is 2.04 bits per heavy atom. The number of carbonyl (C=O) groups is 1. The van der Waals surface area contributed by atoms with E-state index in [1.165, 1.54) is 0 Å². The second kappa shape index (κ2) is 7.81. The molecule has 2 rings (SSSR count). The number of halogens is 1. The summed E-state index contributed by atoms with van der Waals surface area (Å²) in [5.41, 5.74) is 0.175. The zero-order valence-corrected chi connectivity index (χ0v) is 15.2. The summed E-state index contributed by atoms with van der Waals surface area (Å²) in [5.74, 6) is 3.68. The van der Waals surface area contributed by atoms with Gasteiger partial charge in [0.25, 0.3) is 0 Å². The van der Waals surface area contributed by atoms with Gasteiger partial charge >= 0.3 is 6.09 Å². The van der Waals surface area contributed by atoms with Crippen LogP contribution < -0.4 is 4.74 Å². The lowest BCUT2D eigenvalue weighted by atomic mass is 9.98. The van der Waals surface area contributed by atoms with Gasteiger partial charge in [-0.15, -0.1) is 6.42 Å². The molecule has 0 radical (unpaired) electrons. The summed E-state index contributed by atoms with van der Waals surface area (Å²) in [6, 6.07) is 5.34. The molecule has 1 saturated heterocycles. The number of hydrogen-bond acceptors (Lipinski definition) is 3. The molecule has 0 bridgehead atoms. The minimum atomic E-state index is -0.458. The lowest BCUT2D eigenvalue weighted by Crippen LogP contribution is -2.42. The van der Waals surface area contributed by atoms with Gasteiger partial charge in [-0.25, -0.2) is 4.79 Å². The molecule has 24 heavy (non-hydrogen) atoms. The topological polar surface area (TPSA) is 38.8 Å². The highest BCUT2D eigenvalue weighted by Gasteiger charge is 2.27. The van der Waals surface area contributed by atoms with Crippen LogP contribution in [0.25, 0.3) is 0 Å². The molecule has 0 N–H and O–H groups in total. The van der Waals surface area contributed by atoms with E-state index < -0.39 is 5.60 Å². The molecular weight excluding hydrogens is 326 g/mol. The van der Waals surface area contributed by atoms with E-state index >= 15 is 0 Å². The minimum absolute atomic E-state index is 0.238. The summed E-state index contributed by atoms with van der Waals surface area (Å²) in [4.78, 5) is 13.8. The van der Waals surface area contributed by atoms with Gasteiger partial charge in [-0.2, -0.15) is 0 Å². The summed E-state index contributed by atoms with van der Waals surface area (Å²) in [7, 11) is 0. The van der Waals surface area contributed by atoms with Crippen molar-refractivity contribution in [2.45, 2.75) is 39.2 Å². The summed E-state index contributed by atoms with van der Waals surface area (Å²) < 4.78 is 11.2. The number of nitrogens with zero attached hydrogens (tertiary/aromatic N) is 1. The number of likely N-dealkylation sites (tertiary alicyclic amines) is 1. The van der Waals surface area contributed by atoms with E-state index in [2.05, 4.69) is 5.92 Å². The summed E-state index contributed by atoms with van der Waals surface area (Å²) in [6.45, 7) is 7.62. The third-order valence-corrected chi connectivity index (χ3v) is 4.17. The zero-order chi connectivity index (χ0) is 17.7. The standard InChI is InChI=1S/C19H24ClNO3/c1-5-15-12-16(6-7-17(15)20)23-13-14-8-10-21(11-9-14)18(22)24-19(2,3)4/h1,6-7,12,14H,8-11,13H2,2-4H3. The summed E-state index contributed by atoms with van der Waals surface area (Å²) in [6.07, 6.45) is 6.96. The van der Waals surface area contributed by atoms with Crippen LogP contribution in [0.5, 0.6) is 5.75 Å². The van der Waals surface area contributed by atoms with Crippen molar-refractivity contribution >= 4 is 17.7 Å². The van der Waals surface area contributed by atoms with E-state index in [-0.39, 0.29) is 6.09 Å². The molecule has 0 unspecified atom stereocenters. The molecule has 1 aromatic carbocycles. The zero-order valence-electron chi connectivity index (χ0n) is 14.5. The van der Waals surface area contributed by atoms with E-state index in [0.717, 1.165) is 18.6 Å². The molecule has 1 aromatic rings. The fourth-order valence-electron chi connectivity index (χ4n) is 2.53. The Balaban J connectivity index is 1.79. The van der Waals surface area contributed by atoms with Crippen molar-refractivity contribution in [3.63, 3.8) is 0 Å². The Hall–Kier alpha value is -1.86. The molecule has 5 heteroatoms. The molecule has 1 amide bonds. The molecule has 1 heterocycles. The smallest absolute Gasteiger partial charge is 0.410 e. The first-order valence-electron chi connectivity index (χ1n) is 8.15. The molecule has 1 fully saturated rings. The van der Waals surface area contributed by atoms with Crippen LogP contribution in [0.15, 0.2) is 18.2 Å². The fraction of sp³-hybridized carbons (Fsp3) is 0.526. The molecular formula is C19H24ClNO3. The van der Waals surface area contributed by atoms with Crippen molar-refractivity contribution in [3.8, 4) is 18.1 Å². The average molecular weight is 350 g/mol. The van der Waals surface area contributed by atoms with E-state index in [1.54, 1.807) is 17.0 Å². The Bertz CT molecular complexity index is 622. The van der Waals surface area contributed by atoms with Crippen LogP contribution in [0, 0.1) is 18.3 Å². The van der Waals surface area contributed by atoms with E-state index in [9.17, 15) is 4.79 Å². The Labute approximate surface area is 149 Å². The lowest BCUT2D eigenvalue weighted by Gasteiger charge is -2.33. The summed E-state index contributed by atoms with van der Waals surface area (Å²) >= 11 is 5.99. The summed E-state index contributed by atoms with van der Waals surface area (Å²) in [5, 5.41) is 0.551. The van der Waals surface area contributed by atoms with Gasteiger partial charge in [-0.3, -0.25) is 0 Å². The quantitative estimate of drug-likeness (QED) is 0.761. The van der Waals surface area contributed by atoms with Crippen LogP contribution in [0.4, 0.5) is 4.79 Å². The minimum Gasteiger partial charge on any atom is -0.493 e. The van der Waals surface area contributed by atoms with Crippen LogP contribution in [0.2, 0.25) is 5.02 Å². The number of hydrogen-bond donors (Lipinski definition) is 0. The Kier molecular flexibility index (Phi) is 6.01. The highest BCUT2D eigenvalue weighted by Crippen LogP contribution is 2.24. The van der Waals surface area contributed by atoms with Crippen molar-refractivity contribution in [2.75, 3.05) is 19.7 Å². The first-order valence-corrected chi connectivity index (χ1v) is 8.53. The Morgan fingerprint density at radius 1 is 1.38 bits per heavy atom. The van der Waals surface area contributed by atoms with Gasteiger partial charge < -0.3 is 14.4 Å². The van der Waals surface area contributed by atoms with Gasteiger partial charge in [0.15, 0.2) is 0 Å². The van der Waals surface area contributed by atoms with Crippen molar-refractivity contribution in [2.24, 2.45) is 5.92 Å². The number of benzene rings is 1. The predicted octanol–water partition coefficient (Wildman–Crippen LogP) is 4.35. The lowest BCUT2D eigenvalue weighted by molar-refractivity contribution is 0.0165. The SMILES string of the molecule is C#Cc1cc(OCC2CCN(C(=O)OC(C)(C)C)CC2)ccc1Cl. The predicted molar refractivity (Wildman–Crippen MR) is 95.4 cm³/mol. The second-order valence-electron chi connectivity index (χ2n) is 7.01. The second-order valence-corrected chi connectivity index (χ2v) is 7.41. The van der Waals surface area contributed by atoms with Gasteiger partial charge in [0.1, 0.15) is 11.4 Å². The van der Waals surface area contributed by atoms with Crippen LogP contribution in [0.1, 0.15) is 39.2 Å².